The molecule has 2 aliphatic heterocycles. The Kier molecular flexibility index (Phi) is 3.41. The second-order valence-corrected chi connectivity index (χ2v) is 6.96. The summed E-state index contributed by atoms with van der Waals surface area (Å²) in [5.74, 6) is 0.891. The van der Waals surface area contributed by atoms with Gasteiger partial charge in [0, 0.05) is 24.1 Å². The van der Waals surface area contributed by atoms with Crippen molar-refractivity contribution in [3.8, 4) is 0 Å². The van der Waals surface area contributed by atoms with Gasteiger partial charge in [-0.3, -0.25) is 4.99 Å². The molecule has 0 amide bonds. The highest BCUT2D eigenvalue weighted by Gasteiger charge is 2.48. The average molecular weight is 347 g/mol. The Morgan fingerprint density at radius 2 is 2.00 bits per heavy atom. The standard InChI is InChI=1S/C18H16Cl2N2O/c1-11-2-4-13-14(8-11)18(23,22-7-6-21-17(13)22)10-12-3-5-15(19)16(20)9-12/h2-5,8-9,23H,6-7,10H2,1H3. The number of aliphatic imine (C=N–C) groups is 1. The molecule has 0 saturated carbocycles. The van der Waals surface area contributed by atoms with Crippen LogP contribution in [0, 0.1) is 6.92 Å². The lowest BCUT2D eigenvalue weighted by atomic mass is 9.93. The van der Waals surface area contributed by atoms with Crippen LogP contribution < -0.4 is 0 Å². The van der Waals surface area contributed by atoms with Crippen molar-refractivity contribution in [1.29, 1.82) is 0 Å². The van der Waals surface area contributed by atoms with Gasteiger partial charge in [0.2, 0.25) is 0 Å². The zero-order chi connectivity index (χ0) is 16.2. The summed E-state index contributed by atoms with van der Waals surface area (Å²) in [7, 11) is 0. The summed E-state index contributed by atoms with van der Waals surface area (Å²) >= 11 is 12.1. The third-order valence-electron chi connectivity index (χ3n) is 4.57. The number of fused-ring (bicyclic) bond motifs is 3. The molecule has 0 fully saturated rings. The van der Waals surface area contributed by atoms with Crippen molar-refractivity contribution in [2.75, 3.05) is 13.1 Å². The van der Waals surface area contributed by atoms with Gasteiger partial charge in [-0.2, -0.15) is 0 Å². The van der Waals surface area contributed by atoms with Crippen LogP contribution >= 0.6 is 23.2 Å². The fourth-order valence-corrected chi connectivity index (χ4v) is 3.81. The molecule has 23 heavy (non-hydrogen) atoms. The summed E-state index contributed by atoms with van der Waals surface area (Å²) in [5.41, 5.74) is 2.92. The van der Waals surface area contributed by atoms with Crippen LogP contribution in [0.4, 0.5) is 0 Å². The zero-order valence-electron chi connectivity index (χ0n) is 12.7. The quantitative estimate of drug-likeness (QED) is 0.898. The van der Waals surface area contributed by atoms with E-state index in [1.54, 1.807) is 6.07 Å². The molecule has 0 bridgehead atoms. The average Bonchev–Trinajstić information content (AvgIpc) is 3.07. The van der Waals surface area contributed by atoms with Crippen molar-refractivity contribution in [3.63, 3.8) is 0 Å². The summed E-state index contributed by atoms with van der Waals surface area (Å²) in [5, 5.41) is 12.5. The van der Waals surface area contributed by atoms with Crippen LogP contribution in [-0.4, -0.2) is 28.9 Å². The molecule has 118 valence electrons. The van der Waals surface area contributed by atoms with E-state index in [9.17, 15) is 5.11 Å². The Balaban J connectivity index is 1.81. The molecule has 2 heterocycles. The maximum atomic E-state index is 11.5. The van der Waals surface area contributed by atoms with Gasteiger partial charge in [-0.1, -0.05) is 53.0 Å². The second-order valence-electron chi connectivity index (χ2n) is 6.15. The minimum Gasteiger partial charge on any atom is -0.366 e. The molecular weight excluding hydrogens is 331 g/mol. The van der Waals surface area contributed by atoms with Crippen LogP contribution in [0.15, 0.2) is 41.4 Å². The topological polar surface area (TPSA) is 35.8 Å². The molecule has 3 nitrogen and oxygen atoms in total. The number of benzene rings is 2. The Bertz CT molecular complexity index is 834. The molecule has 0 saturated heterocycles. The largest absolute Gasteiger partial charge is 0.366 e. The number of rotatable bonds is 2. The number of amidine groups is 1. The monoisotopic (exact) mass is 346 g/mol. The molecule has 4 rings (SSSR count). The Morgan fingerprint density at radius 3 is 2.78 bits per heavy atom. The van der Waals surface area contributed by atoms with E-state index in [2.05, 4.69) is 17.1 Å². The molecule has 5 heteroatoms. The van der Waals surface area contributed by atoms with Crippen molar-refractivity contribution >= 4 is 29.0 Å². The highest BCUT2D eigenvalue weighted by Crippen LogP contribution is 2.42. The molecule has 1 N–H and O–H groups in total. The number of aryl methyl sites for hydroxylation is 1. The van der Waals surface area contributed by atoms with Gasteiger partial charge in [0.05, 0.1) is 16.6 Å². The lowest BCUT2D eigenvalue weighted by Crippen LogP contribution is -2.44. The van der Waals surface area contributed by atoms with E-state index in [1.165, 1.54) is 0 Å². The second kappa shape index (κ2) is 5.23. The van der Waals surface area contributed by atoms with E-state index < -0.39 is 5.72 Å². The fourth-order valence-electron chi connectivity index (χ4n) is 3.49. The molecule has 2 aromatic rings. The Morgan fingerprint density at radius 1 is 1.17 bits per heavy atom. The predicted octanol–water partition coefficient (Wildman–Crippen LogP) is 3.77. The van der Waals surface area contributed by atoms with Gasteiger partial charge in [-0.05, 0) is 24.6 Å². The molecule has 0 aliphatic carbocycles. The van der Waals surface area contributed by atoms with Crippen LogP contribution in [0.3, 0.4) is 0 Å². The summed E-state index contributed by atoms with van der Waals surface area (Å²) in [6, 6.07) is 11.7. The summed E-state index contributed by atoms with van der Waals surface area (Å²) in [4.78, 5) is 6.57. The van der Waals surface area contributed by atoms with Crippen LogP contribution in [0.5, 0.6) is 0 Å². The van der Waals surface area contributed by atoms with Crippen molar-refractivity contribution < 1.29 is 5.11 Å². The highest BCUT2D eigenvalue weighted by molar-refractivity contribution is 6.42. The van der Waals surface area contributed by atoms with Gasteiger partial charge < -0.3 is 10.0 Å². The van der Waals surface area contributed by atoms with E-state index in [-0.39, 0.29) is 0 Å². The lowest BCUT2D eigenvalue weighted by Gasteiger charge is -2.33. The number of halogens is 2. The number of hydrogen-bond acceptors (Lipinski definition) is 3. The molecule has 2 aliphatic rings. The van der Waals surface area contributed by atoms with E-state index in [4.69, 9.17) is 23.2 Å². The van der Waals surface area contributed by atoms with Gasteiger partial charge in [0.25, 0.3) is 0 Å². The summed E-state index contributed by atoms with van der Waals surface area (Å²) in [6.45, 7) is 3.47. The molecule has 2 aromatic carbocycles. The van der Waals surface area contributed by atoms with Gasteiger partial charge >= 0.3 is 0 Å². The number of aliphatic hydroxyl groups is 1. The molecule has 0 aromatic heterocycles. The minimum atomic E-state index is -1.09. The van der Waals surface area contributed by atoms with E-state index in [0.29, 0.717) is 23.0 Å². The molecule has 0 radical (unpaired) electrons. The first kappa shape index (κ1) is 15.0. The summed E-state index contributed by atoms with van der Waals surface area (Å²) < 4.78 is 0. The maximum Gasteiger partial charge on any atom is 0.170 e. The summed E-state index contributed by atoms with van der Waals surface area (Å²) in [6.07, 6.45) is 0.444. The van der Waals surface area contributed by atoms with E-state index >= 15 is 0 Å². The Labute approximate surface area is 145 Å². The first-order valence-electron chi connectivity index (χ1n) is 7.59. The first-order chi connectivity index (χ1) is 11.0. The van der Waals surface area contributed by atoms with Crippen LogP contribution in [0.1, 0.15) is 22.3 Å². The minimum absolute atomic E-state index is 0.444. The van der Waals surface area contributed by atoms with Crippen LogP contribution in [0.25, 0.3) is 0 Å². The predicted molar refractivity (Wildman–Crippen MR) is 93.4 cm³/mol. The third-order valence-corrected chi connectivity index (χ3v) is 5.31. The number of nitrogens with zero attached hydrogens (tertiary/aromatic N) is 2. The maximum absolute atomic E-state index is 11.5. The van der Waals surface area contributed by atoms with Crippen molar-refractivity contribution in [3.05, 3.63) is 68.7 Å². The third kappa shape index (κ3) is 2.26. The fraction of sp³-hybridized carbons (Fsp3) is 0.278. The Hall–Kier alpha value is -1.55. The van der Waals surface area contributed by atoms with Crippen LogP contribution in [-0.2, 0) is 12.1 Å². The number of hydrogen-bond donors (Lipinski definition) is 1. The zero-order valence-corrected chi connectivity index (χ0v) is 14.2. The molecule has 1 unspecified atom stereocenters. The molecule has 0 spiro atoms. The normalized spacial score (nSPS) is 22.1. The lowest BCUT2D eigenvalue weighted by molar-refractivity contribution is -0.0638. The van der Waals surface area contributed by atoms with Crippen molar-refractivity contribution in [2.24, 2.45) is 4.99 Å². The van der Waals surface area contributed by atoms with Gasteiger partial charge in [-0.15, -0.1) is 0 Å². The van der Waals surface area contributed by atoms with Gasteiger partial charge in [-0.25, -0.2) is 0 Å². The highest BCUT2D eigenvalue weighted by atomic mass is 35.5. The van der Waals surface area contributed by atoms with Gasteiger partial charge in [0.15, 0.2) is 5.72 Å². The smallest absolute Gasteiger partial charge is 0.170 e. The van der Waals surface area contributed by atoms with Crippen molar-refractivity contribution in [2.45, 2.75) is 19.1 Å². The van der Waals surface area contributed by atoms with E-state index in [1.807, 2.05) is 30.0 Å². The SMILES string of the molecule is Cc1ccc2c(c1)C(O)(Cc1ccc(Cl)c(Cl)c1)N1CCN=C21. The van der Waals surface area contributed by atoms with Crippen LogP contribution in [0.2, 0.25) is 10.0 Å². The first-order valence-corrected chi connectivity index (χ1v) is 8.34. The van der Waals surface area contributed by atoms with E-state index in [0.717, 1.165) is 34.6 Å². The van der Waals surface area contributed by atoms with Gasteiger partial charge in [0.1, 0.15) is 5.84 Å². The van der Waals surface area contributed by atoms with Crippen molar-refractivity contribution in [1.82, 2.24) is 4.90 Å². The molecular formula is C18H16Cl2N2O. The molecule has 1 atom stereocenters.